The Balaban J connectivity index is 1.83. The number of carbonyl (C=O) groups is 1. The lowest BCUT2D eigenvalue weighted by Crippen LogP contribution is -1.98. The number of para-hydroxylation sites is 1. The molecule has 0 amide bonds. The van der Waals surface area contributed by atoms with Crippen LogP contribution in [0.5, 0.6) is 23.0 Å². The molecule has 6 nitrogen and oxygen atoms in total. The van der Waals surface area contributed by atoms with Gasteiger partial charge in [-0.2, -0.15) is 0 Å². The topological polar surface area (TPSA) is 103 Å². The molecular weight excluding hydrogens is 298 g/mol. The molecule has 4 rings (SSSR count). The highest BCUT2D eigenvalue weighted by atomic mass is 16.5. The number of aromatic nitrogens is 1. The van der Waals surface area contributed by atoms with Crippen molar-refractivity contribution in [2.45, 2.75) is 0 Å². The number of carbonyl (C=O) groups excluding carboxylic acids is 1. The standard InChI is InChI=1S/C17H11NO5/c19-9-5-12(21)15-13(6-9)23-14(17(15)22)4-8-7-18-16-10(8)2-1-3-11(16)20/h1-7,18-21H. The number of fused-ring (bicyclic) bond motifs is 2. The Morgan fingerprint density at radius 2 is 1.91 bits per heavy atom. The minimum absolute atomic E-state index is 0.0248. The molecule has 0 fully saturated rings. The Kier molecular flexibility index (Phi) is 2.62. The molecule has 0 spiro atoms. The molecule has 0 atom stereocenters. The maximum atomic E-state index is 12.4. The summed E-state index contributed by atoms with van der Waals surface area (Å²) in [5.74, 6) is -0.729. The lowest BCUT2D eigenvalue weighted by atomic mass is 10.1. The lowest BCUT2D eigenvalue weighted by molar-refractivity contribution is 0.101. The number of rotatable bonds is 1. The summed E-state index contributed by atoms with van der Waals surface area (Å²) in [5.41, 5.74) is 1.25. The van der Waals surface area contributed by atoms with Gasteiger partial charge >= 0.3 is 0 Å². The molecule has 6 heteroatoms. The fourth-order valence-electron chi connectivity index (χ4n) is 2.70. The van der Waals surface area contributed by atoms with Gasteiger partial charge in [0.05, 0.1) is 5.52 Å². The van der Waals surface area contributed by atoms with Gasteiger partial charge in [-0.1, -0.05) is 12.1 Å². The number of aromatic amines is 1. The number of ketones is 1. The minimum Gasteiger partial charge on any atom is -0.508 e. The van der Waals surface area contributed by atoms with E-state index >= 15 is 0 Å². The van der Waals surface area contributed by atoms with Crippen molar-refractivity contribution in [3.8, 4) is 23.0 Å². The van der Waals surface area contributed by atoms with Crippen LogP contribution in [0.15, 0.2) is 42.3 Å². The molecule has 1 aliphatic rings. The molecule has 3 aromatic rings. The smallest absolute Gasteiger partial charge is 0.235 e. The summed E-state index contributed by atoms with van der Waals surface area (Å²) in [6.45, 7) is 0. The number of phenolic OH excluding ortho intramolecular Hbond substituents is 3. The maximum Gasteiger partial charge on any atom is 0.235 e. The zero-order valence-corrected chi connectivity index (χ0v) is 11.7. The fourth-order valence-corrected chi connectivity index (χ4v) is 2.70. The summed E-state index contributed by atoms with van der Waals surface area (Å²) < 4.78 is 5.45. The van der Waals surface area contributed by atoms with Crippen molar-refractivity contribution in [3.63, 3.8) is 0 Å². The zero-order chi connectivity index (χ0) is 16.1. The average molecular weight is 309 g/mol. The summed E-state index contributed by atoms with van der Waals surface area (Å²) in [6, 6.07) is 7.42. The van der Waals surface area contributed by atoms with Crippen molar-refractivity contribution in [2.24, 2.45) is 0 Å². The van der Waals surface area contributed by atoms with Gasteiger partial charge in [-0.05, 0) is 12.1 Å². The summed E-state index contributed by atoms with van der Waals surface area (Å²) in [7, 11) is 0. The molecule has 4 N–H and O–H groups in total. The number of allylic oxidation sites excluding steroid dienone is 1. The molecule has 2 aromatic carbocycles. The second-order valence-electron chi connectivity index (χ2n) is 5.22. The molecule has 0 saturated carbocycles. The number of hydrogen-bond acceptors (Lipinski definition) is 5. The maximum absolute atomic E-state index is 12.4. The predicted octanol–water partition coefficient (Wildman–Crippen LogP) is 2.90. The van der Waals surface area contributed by atoms with Crippen LogP contribution >= 0.6 is 0 Å². The Morgan fingerprint density at radius 1 is 1.09 bits per heavy atom. The second kappa shape index (κ2) is 4.54. The third kappa shape index (κ3) is 1.92. The van der Waals surface area contributed by atoms with E-state index in [2.05, 4.69) is 4.98 Å². The van der Waals surface area contributed by atoms with E-state index in [4.69, 9.17) is 4.74 Å². The number of Topliss-reactive ketones (excluding diaryl/α,β-unsaturated/α-hetero) is 1. The van der Waals surface area contributed by atoms with E-state index < -0.39 is 5.78 Å². The molecule has 114 valence electrons. The van der Waals surface area contributed by atoms with Crippen LogP contribution in [-0.2, 0) is 0 Å². The van der Waals surface area contributed by atoms with Gasteiger partial charge in [0.15, 0.2) is 5.76 Å². The Morgan fingerprint density at radius 3 is 2.74 bits per heavy atom. The third-order valence-corrected chi connectivity index (χ3v) is 3.75. The molecule has 1 aliphatic heterocycles. The van der Waals surface area contributed by atoms with Gasteiger partial charge in [0.1, 0.15) is 28.6 Å². The van der Waals surface area contributed by atoms with E-state index in [1.54, 1.807) is 24.4 Å². The van der Waals surface area contributed by atoms with Crippen molar-refractivity contribution in [1.82, 2.24) is 4.98 Å². The zero-order valence-electron chi connectivity index (χ0n) is 11.7. The number of aromatic hydroxyl groups is 3. The van der Waals surface area contributed by atoms with Gasteiger partial charge in [-0.25, -0.2) is 0 Å². The predicted molar refractivity (Wildman–Crippen MR) is 82.7 cm³/mol. The van der Waals surface area contributed by atoms with Crippen LogP contribution in [0.25, 0.3) is 17.0 Å². The molecule has 0 bridgehead atoms. The van der Waals surface area contributed by atoms with Crippen molar-refractivity contribution in [1.29, 1.82) is 0 Å². The summed E-state index contributed by atoms with van der Waals surface area (Å²) in [5, 5.41) is 29.8. The van der Waals surface area contributed by atoms with Crippen molar-refractivity contribution in [2.75, 3.05) is 0 Å². The molecule has 0 unspecified atom stereocenters. The van der Waals surface area contributed by atoms with E-state index in [0.717, 1.165) is 11.5 Å². The first-order valence-corrected chi connectivity index (χ1v) is 6.84. The van der Waals surface area contributed by atoms with Crippen molar-refractivity contribution < 1.29 is 24.9 Å². The number of hydrogen-bond donors (Lipinski definition) is 4. The van der Waals surface area contributed by atoms with Gasteiger partial charge in [0, 0.05) is 29.3 Å². The molecular formula is C17H11NO5. The fraction of sp³-hybridized carbons (Fsp3) is 0. The Labute approximate surface area is 129 Å². The third-order valence-electron chi connectivity index (χ3n) is 3.75. The molecule has 0 saturated heterocycles. The average Bonchev–Trinajstić information content (AvgIpc) is 3.03. The molecule has 23 heavy (non-hydrogen) atoms. The van der Waals surface area contributed by atoms with Gasteiger partial charge < -0.3 is 25.0 Å². The van der Waals surface area contributed by atoms with Crippen LogP contribution in [0.2, 0.25) is 0 Å². The van der Waals surface area contributed by atoms with E-state index in [9.17, 15) is 20.1 Å². The normalized spacial score (nSPS) is 15.1. The summed E-state index contributed by atoms with van der Waals surface area (Å²) >= 11 is 0. The molecule has 0 aliphatic carbocycles. The van der Waals surface area contributed by atoms with Gasteiger partial charge in [-0.3, -0.25) is 4.79 Å². The number of phenols is 3. The lowest BCUT2D eigenvalue weighted by Gasteiger charge is -2.00. The number of nitrogens with one attached hydrogen (secondary N) is 1. The van der Waals surface area contributed by atoms with E-state index in [-0.39, 0.29) is 34.3 Å². The van der Waals surface area contributed by atoms with Crippen molar-refractivity contribution in [3.05, 3.63) is 53.4 Å². The molecule has 1 aromatic heterocycles. The van der Waals surface area contributed by atoms with Crippen LogP contribution in [0.1, 0.15) is 15.9 Å². The Bertz CT molecular complexity index is 1000. The monoisotopic (exact) mass is 309 g/mol. The SMILES string of the molecule is O=C1C(=Cc2c[nH]c3c(O)cccc23)Oc2cc(O)cc(O)c21. The van der Waals surface area contributed by atoms with E-state index in [1.807, 2.05) is 0 Å². The van der Waals surface area contributed by atoms with Crippen LogP contribution in [-0.4, -0.2) is 26.1 Å². The highest BCUT2D eigenvalue weighted by Crippen LogP contribution is 2.41. The number of benzene rings is 2. The van der Waals surface area contributed by atoms with Gasteiger partial charge in [0.2, 0.25) is 5.78 Å². The van der Waals surface area contributed by atoms with Gasteiger partial charge in [-0.15, -0.1) is 0 Å². The van der Waals surface area contributed by atoms with E-state index in [0.29, 0.717) is 11.1 Å². The van der Waals surface area contributed by atoms with E-state index in [1.165, 1.54) is 12.1 Å². The number of H-pyrrole nitrogens is 1. The second-order valence-corrected chi connectivity index (χ2v) is 5.22. The van der Waals surface area contributed by atoms with Crippen molar-refractivity contribution >= 4 is 22.8 Å². The number of ether oxygens (including phenoxy) is 1. The highest BCUT2D eigenvalue weighted by Gasteiger charge is 2.31. The Hall–Kier alpha value is -3.41. The summed E-state index contributed by atoms with van der Waals surface area (Å²) in [6.07, 6.45) is 3.17. The first kappa shape index (κ1) is 13.3. The van der Waals surface area contributed by atoms with Crippen LogP contribution in [0.3, 0.4) is 0 Å². The molecule has 0 radical (unpaired) electrons. The first-order valence-electron chi connectivity index (χ1n) is 6.84. The first-order chi connectivity index (χ1) is 11.0. The molecule has 2 heterocycles. The van der Waals surface area contributed by atoms with Crippen LogP contribution in [0, 0.1) is 0 Å². The summed E-state index contributed by atoms with van der Waals surface area (Å²) in [4.78, 5) is 15.3. The van der Waals surface area contributed by atoms with Gasteiger partial charge in [0.25, 0.3) is 0 Å². The largest absolute Gasteiger partial charge is 0.508 e. The quantitative estimate of drug-likeness (QED) is 0.518. The minimum atomic E-state index is -0.466. The highest BCUT2D eigenvalue weighted by molar-refractivity contribution is 6.16. The van der Waals surface area contributed by atoms with Crippen LogP contribution in [0.4, 0.5) is 0 Å². The van der Waals surface area contributed by atoms with Crippen LogP contribution < -0.4 is 4.74 Å².